The van der Waals surface area contributed by atoms with Crippen molar-refractivity contribution in [2.24, 2.45) is 0 Å². The van der Waals surface area contributed by atoms with Crippen LogP contribution in [0.4, 0.5) is 5.82 Å². The molecule has 0 N–H and O–H groups in total. The molecule has 2 rings (SSSR count). The number of morpholine rings is 1. The molecule has 0 aliphatic carbocycles. The maximum Gasteiger partial charge on any atom is 0.147 e. The van der Waals surface area contributed by atoms with Crippen LogP contribution in [0.3, 0.4) is 0 Å². The van der Waals surface area contributed by atoms with Crippen LogP contribution in [0.1, 0.15) is 26.3 Å². The lowest BCUT2D eigenvalue weighted by molar-refractivity contribution is 0.122. The van der Waals surface area contributed by atoms with Gasteiger partial charge in [0.2, 0.25) is 0 Å². The van der Waals surface area contributed by atoms with E-state index in [1.165, 1.54) is 5.56 Å². The van der Waals surface area contributed by atoms with Gasteiger partial charge in [0, 0.05) is 19.3 Å². The van der Waals surface area contributed by atoms with Gasteiger partial charge in [0.15, 0.2) is 0 Å². The van der Waals surface area contributed by atoms with E-state index < -0.39 is 0 Å². The van der Waals surface area contributed by atoms with E-state index in [4.69, 9.17) is 16.3 Å². The van der Waals surface area contributed by atoms with Gasteiger partial charge in [-0.2, -0.15) is 0 Å². The molecule has 1 fully saturated rings. The van der Waals surface area contributed by atoms with Crippen LogP contribution in [0.15, 0.2) is 12.3 Å². The van der Waals surface area contributed by atoms with Crippen LogP contribution < -0.4 is 4.90 Å². The van der Waals surface area contributed by atoms with E-state index in [1.54, 1.807) is 0 Å². The summed E-state index contributed by atoms with van der Waals surface area (Å²) in [5, 5.41) is 0.735. The number of nitrogens with zero attached hydrogens (tertiary/aromatic N) is 2. The summed E-state index contributed by atoms with van der Waals surface area (Å²) in [5.74, 6) is 0.878. The fraction of sp³-hybridized carbons (Fsp3) is 0.615. The Kier molecular flexibility index (Phi) is 3.59. The van der Waals surface area contributed by atoms with E-state index in [9.17, 15) is 0 Å². The van der Waals surface area contributed by atoms with Gasteiger partial charge in [-0.05, 0) is 17.0 Å². The van der Waals surface area contributed by atoms with E-state index in [0.29, 0.717) is 0 Å². The maximum absolute atomic E-state index is 6.32. The predicted octanol–water partition coefficient (Wildman–Crippen LogP) is 2.87. The number of ether oxygens (including phenoxy) is 1. The Hall–Kier alpha value is -0.800. The first kappa shape index (κ1) is 12.7. The lowest BCUT2D eigenvalue weighted by Gasteiger charge is -2.29. The highest BCUT2D eigenvalue weighted by Gasteiger charge is 2.19. The van der Waals surface area contributed by atoms with Crippen molar-refractivity contribution in [2.45, 2.75) is 26.2 Å². The normalized spacial score (nSPS) is 17.3. The molecule has 0 radical (unpaired) electrons. The fourth-order valence-electron chi connectivity index (χ4n) is 1.85. The second kappa shape index (κ2) is 4.83. The molecule has 1 saturated heterocycles. The van der Waals surface area contributed by atoms with Gasteiger partial charge in [0.25, 0.3) is 0 Å². The minimum Gasteiger partial charge on any atom is -0.378 e. The summed E-state index contributed by atoms with van der Waals surface area (Å²) >= 11 is 6.32. The van der Waals surface area contributed by atoms with Gasteiger partial charge in [-0.15, -0.1) is 0 Å². The zero-order valence-electron chi connectivity index (χ0n) is 10.7. The Balaban J connectivity index is 2.25. The van der Waals surface area contributed by atoms with E-state index in [0.717, 1.165) is 37.1 Å². The quantitative estimate of drug-likeness (QED) is 0.771. The van der Waals surface area contributed by atoms with E-state index in [2.05, 4.69) is 30.7 Å². The third-order valence-corrected chi connectivity index (χ3v) is 3.28. The van der Waals surface area contributed by atoms with Crippen molar-refractivity contribution < 1.29 is 4.74 Å². The van der Waals surface area contributed by atoms with Gasteiger partial charge in [0.1, 0.15) is 5.82 Å². The van der Waals surface area contributed by atoms with Crippen LogP contribution in [0, 0.1) is 0 Å². The summed E-state index contributed by atoms with van der Waals surface area (Å²) in [6, 6.07) is 2.03. The molecule has 1 aromatic heterocycles. The van der Waals surface area contributed by atoms with Gasteiger partial charge >= 0.3 is 0 Å². The van der Waals surface area contributed by atoms with Crippen molar-refractivity contribution in [3.8, 4) is 0 Å². The van der Waals surface area contributed by atoms with Gasteiger partial charge in [-0.3, -0.25) is 0 Å². The molecule has 17 heavy (non-hydrogen) atoms. The first-order valence-corrected chi connectivity index (χ1v) is 6.35. The number of hydrogen-bond donors (Lipinski definition) is 0. The number of anilines is 1. The van der Waals surface area contributed by atoms with Crippen LogP contribution >= 0.6 is 11.6 Å². The standard InChI is InChI=1S/C13H19ClN2O/c1-13(2,3)10-8-11(14)12(15-9-10)16-4-6-17-7-5-16/h8-9H,4-7H2,1-3H3. The molecule has 2 heterocycles. The minimum absolute atomic E-state index is 0.0835. The Bertz CT molecular complexity index is 395. The number of hydrogen-bond acceptors (Lipinski definition) is 3. The third kappa shape index (κ3) is 2.90. The molecule has 4 heteroatoms. The number of pyridine rings is 1. The molecule has 0 atom stereocenters. The molecule has 1 aromatic rings. The van der Waals surface area contributed by atoms with E-state index in [1.807, 2.05) is 12.3 Å². The van der Waals surface area contributed by atoms with Crippen molar-refractivity contribution >= 4 is 17.4 Å². The average molecular weight is 255 g/mol. The summed E-state index contributed by atoms with van der Waals surface area (Å²) in [6.45, 7) is 9.71. The topological polar surface area (TPSA) is 25.4 Å². The van der Waals surface area contributed by atoms with Crippen LogP contribution in [-0.2, 0) is 10.2 Å². The van der Waals surface area contributed by atoms with Gasteiger partial charge in [0.05, 0.1) is 18.2 Å². The molecule has 0 saturated carbocycles. The van der Waals surface area contributed by atoms with Crippen LogP contribution in [0.25, 0.3) is 0 Å². The van der Waals surface area contributed by atoms with Crippen LogP contribution in [-0.4, -0.2) is 31.3 Å². The highest BCUT2D eigenvalue weighted by molar-refractivity contribution is 6.33. The summed E-state index contributed by atoms with van der Waals surface area (Å²) in [6.07, 6.45) is 1.93. The molecular formula is C13H19ClN2O. The second-order valence-corrected chi connectivity index (χ2v) is 5.79. The highest BCUT2D eigenvalue weighted by Crippen LogP contribution is 2.29. The van der Waals surface area contributed by atoms with Crippen molar-refractivity contribution in [3.05, 3.63) is 22.8 Å². The molecule has 94 valence electrons. The van der Waals surface area contributed by atoms with E-state index >= 15 is 0 Å². The maximum atomic E-state index is 6.32. The summed E-state index contributed by atoms with van der Waals surface area (Å²) in [4.78, 5) is 6.69. The van der Waals surface area contributed by atoms with Gasteiger partial charge in [-0.1, -0.05) is 32.4 Å². The molecule has 3 nitrogen and oxygen atoms in total. The molecule has 1 aliphatic heterocycles. The number of rotatable bonds is 1. The zero-order valence-corrected chi connectivity index (χ0v) is 11.4. The molecule has 0 amide bonds. The van der Waals surface area contributed by atoms with E-state index in [-0.39, 0.29) is 5.41 Å². The molecule has 0 aromatic carbocycles. The van der Waals surface area contributed by atoms with Crippen molar-refractivity contribution in [3.63, 3.8) is 0 Å². The first-order chi connectivity index (χ1) is 7.98. The number of halogens is 1. The monoisotopic (exact) mass is 254 g/mol. The first-order valence-electron chi connectivity index (χ1n) is 5.97. The average Bonchev–Trinajstić information content (AvgIpc) is 2.29. The SMILES string of the molecule is CC(C)(C)c1cnc(N2CCOCC2)c(Cl)c1. The van der Waals surface area contributed by atoms with Crippen LogP contribution in [0.5, 0.6) is 0 Å². The molecule has 1 aliphatic rings. The largest absolute Gasteiger partial charge is 0.378 e. The summed E-state index contributed by atoms with van der Waals surface area (Å²) in [5.41, 5.74) is 1.25. The molecule has 0 bridgehead atoms. The predicted molar refractivity (Wildman–Crippen MR) is 71.0 cm³/mol. The van der Waals surface area contributed by atoms with Gasteiger partial charge < -0.3 is 9.64 Å². The Labute approximate surface area is 108 Å². The third-order valence-electron chi connectivity index (χ3n) is 3.00. The summed E-state index contributed by atoms with van der Waals surface area (Å²) in [7, 11) is 0. The Morgan fingerprint density at radius 3 is 2.47 bits per heavy atom. The lowest BCUT2D eigenvalue weighted by Crippen LogP contribution is -2.37. The summed E-state index contributed by atoms with van der Waals surface area (Å²) < 4.78 is 5.33. The second-order valence-electron chi connectivity index (χ2n) is 5.38. The van der Waals surface area contributed by atoms with Crippen molar-refractivity contribution in [2.75, 3.05) is 31.2 Å². The zero-order chi connectivity index (χ0) is 12.5. The Morgan fingerprint density at radius 2 is 1.94 bits per heavy atom. The van der Waals surface area contributed by atoms with Crippen molar-refractivity contribution in [1.29, 1.82) is 0 Å². The molecule has 0 unspecified atom stereocenters. The molecular weight excluding hydrogens is 236 g/mol. The molecule has 0 spiro atoms. The van der Waals surface area contributed by atoms with Gasteiger partial charge in [-0.25, -0.2) is 4.98 Å². The fourth-order valence-corrected chi connectivity index (χ4v) is 2.13. The smallest absolute Gasteiger partial charge is 0.147 e. The number of aromatic nitrogens is 1. The highest BCUT2D eigenvalue weighted by atomic mass is 35.5. The van der Waals surface area contributed by atoms with Crippen LogP contribution in [0.2, 0.25) is 5.02 Å². The van der Waals surface area contributed by atoms with Crippen molar-refractivity contribution in [1.82, 2.24) is 4.98 Å². The Morgan fingerprint density at radius 1 is 1.29 bits per heavy atom. The lowest BCUT2D eigenvalue weighted by atomic mass is 9.88. The minimum atomic E-state index is 0.0835.